The van der Waals surface area contributed by atoms with Crippen molar-refractivity contribution in [1.29, 1.82) is 0 Å². The lowest BCUT2D eigenvalue weighted by atomic mass is 10.1. The Kier molecular flexibility index (Phi) is 5.87. The monoisotopic (exact) mass is 467 g/mol. The molecule has 1 N–H and O–H groups in total. The zero-order valence-electron chi connectivity index (χ0n) is 19.5. The van der Waals surface area contributed by atoms with E-state index < -0.39 is 10.0 Å². The number of imidazole rings is 1. The molecular weight excluding hydrogens is 438 g/mol. The van der Waals surface area contributed by atoms with Gasteiger partial charge in [0, 0.05) is 43.4 Å². The molecule has 4 aromatic rings. The van der Waals surface area contributed by atoms with Crippen LogP contribution in [0.2, 0.25) is 0 Å². The van der Waals surface area contributed by atoms with Crippen molar-refractivity contribution < 1.29 is 8.42 Å². The number of hydrogen-bond donors (Lipinski definition) is 1. The van der Waals surface area contributed by atoms with E-state index in [0.717, 1.165) is 17.1 Å². The molecule has 0 aliphatic heterocycles. The third-order valence-corrected chi connectivity index (χ3v) is 6.55. The molecule has 0 radical (unpaired) electrons. The highest BCUT2D eigenvalue weighted by atomic mass is 32.2. The molecule has 9 nitrogen and oxygen atoms in total. The zero-order chi connectivity index (χ0) is 23.8. The van der Waals surface area contributed by atoms with Gasteiger partial charge in [-0.1, -0.05) is 12.1 Å². The quantitative estimate of drug-likeness (QED) is 0.441. The molecule has 0 spiro atoms. The Morgan fingerprint density at radius 2 is 1.70 bits per heavy atom. The molecule has 0 saturated heterocycles. The summed E-state index contributed by atoms with van der Waals surface area (Å²) in [7, 11) is -3.74. The van der Waals surface area contributed by atoms with Gasteiger partial charge in [0.15, 0.2) is 11.6 Å². The molecule has 10 heteroatoms. The normalized spacial score (nSPS) is 12.4. The van der Waals surface area contributed by atoms with Gasteiger partial charge >= 0.3 is 0 Å². The molecule has 0 fully saturated rings. The summed E-state index contributed by atoms with van der Waals surface area (Å²) in [5.41, 5.74) is 1.52. The first-order valence-electron chi connectivity index (χ1n) is 10.8. The highest BCUT2D eigenvalue weighted by Gasteiger charge is 2.19. The van der Waals surface area contributed by atoms with Crippen LogP contribution in [0.25, 0.3) is 11.5 Å². The Hall–Kier alpha value is -3.40. The van der Waals surface area contributed by atoms with Gasteiger partial charge in [-0.2, -0.15) is 10.2 Å². The number of nitrogens with zero attached hydrogens (tertiary/aromatic N) is 6. The Morgan fingerprint density at radius 3 is 2.30 bits per heavy atom. The molecule has 0 aliphatic rings. The molecule has 0 aliphatic carbocycles. The molecular formula is C23H29N7O2S. The van der Waals surface area contributed by atoms with Crippen molar-refractivity contribution in [3.63, 3.8) is 0 Å². The minimum atomic E-state index is -3.74. The zero-order valence-corrected chi connectivity index (χ0v) is 20.3. The van der Waals surface area contributed by atoms with Crippen molar-refractivity contribution in [2.45, 2.75) is 57.6 Å². The lowest BCUT2D eigenvalue weighted by Gasteiger charge is -2.18. The maximum Gasteiger partial charge on any atom is 0.263 e. The van der Waals surface area contributed by atoms with Gasteiger partial charge in [-0.15, -0.1) is 0 Å². The average Bonchev–Trinajstić information content (AvgIpc) is 3.48. The smallest absolute Gasteiger partial charge is 0.263 e. The van der Waals surface area contributed by atoms with E-state index in [1.807, 2.05) is 48.5 Å². The summed E-state index contributed by atoms with van der Waals surface area (Å²) in [5, 5.41) is 8.91. The Bertz CT molecular complexity index is 1340. The van der Waals surface area contributed by atoms with Crippen LogP contribution in [-0.4, -0.2) is 37.5 Å². The molecule has 33 heavy (non-hydrogen) atoms. The number of aromatic nitrogens is 6. The van der Waals surface area contributed by atoms with Crippen LogP contribution in [0.1, 0.15) is 46.2 Å². The Balaban J connectivity index is 1.49. The fraction of sp³-hybridized carbons (Fsp3) is 0.348. The third-order valence-electron chi connectivity index (χ3n) is 5.18. The third kappa shape index (κ3) is 5.00. The van der Waals surface area contributed by atoms with E-state index in [-0.39, 0.29) is 22.3 Å². The summed E-state index contributed by atoms with van der Waals surface area (Å²) >= 11 is 0. The van der Waals surface area contributed by atoms with Crippen molar-refractivity contribution in [2.24, 2.45) is 0 Å². The number of hydrogen-bond acceptors (Lipinski definition) is 5. The fourth-order valence-electron chi connectivity index (χ4n) is 3.33. The second kappa shape index (κ2) is 8.51. The number of sulfonamides is 1. The summed E-state index contributed by atoms with van der Waals surface area (Å²) in [6.07, 6.45) is 7.33. The van der Waals surface area contributed by atoms with Crippen LogP contribution >= 0.6 is 0 Å². The molecule has 0 amide bonds. The molecule has 4 rings (SSSR count). The standard InChI is InChI=1S/C23H29N7O2S/c1-17(2)29-13-10-20(25-29)22-24-12-15-28(22)16-18-6-8-19(9-7-18)33(31,32)27-21-11-14-30(26-21)23(3,4)5/h6-15,17H,16H2,1-5H3,(H,26,27). The number of benzene rings is 1. The molecule has 3 heterocycles. The van der Waals surface area contributed by atoms with Gasteiger partial charge in [-0.25, -0.2) is 13.4 Å². The van der Waals surface area contributed by atoms with E-state index in [1.54, 1.807) is 47.4 Å². The predicted octanol–water partition coefficient (Wildman–Crippen LogP) is 4.13. The molecule has 3 aromatic heterocycles. The second-order valence-electron chi connectivity index (χ2n) is 9.22. The topological polar surface area (TPSA) is 99.6 Å². The van der Waals surface area contributed by atoms with Crippen LogP contribution < -0.4 is 4.72 Å². The molecule has 174 valence electrons. The van der Waals surface area contributed by atoms with Crippen LogP contribution in [-0.2, 0) is 22.1 Å². The van der Waals surface area contributed by atoms with Crippen LogP contribution in [0.5, 0.6) is 0 Å². The first-order valence-corrected chi connectivity index (χ1v) is 12.3. The summed E-state index contributed by atoms with van der Waals surface area (Å²) in [6, 6.07) is 10.7. The van der Waals surface area contributed by atoms with Gasteiger partial charge in [0.2, 0.25) is 0 Å². The first-order chi connectivity index (χ1) is 15.5. The lowest BCUT2D eigenvalue weighted by molar-refractivity contribution is 0.356. The fourth-order valence-corrected chi connectivity index (χ4v) is 4.33. The minimum Gasteiger partial charge on any atom is -0.325 e. The van der Waals surface area contributed by atoms with Crippen molar-refractivity contribution >= 4 is 15.8 Å². The minimum absolute atomic E-state index is 0.179. The predicted molar refractivity (Wildman–Crippen MR) is 127 cm³/mol. The highest BCUT2D eigenvalue weighted by Crippen LogP contribution is 2.21. The SMILES string of the molecule is CC(C)n1ccc(-c2nccn2Cc2ccc(S(=O)(=O)Nc3ccn(C(C)(C)C)n3)cc2)n1. The van der Waals surface area contributed by atoms with Crippen LogP contribution in [0.4, 0.5) is 5.82 Å². The number of nitrogens with one attached hydrogen (secondary N) is 1. The van der Waals surface area contributed by atoms with Gasteiger partial charge < -0.3 is 4.57 Å². The average molecular weight is 468 g/mol. The van der Waals surface area contributed by atoms with Crippen molar-refractivity contribution in [1.82, 2.24) is 29.1 Å². The molecule has 0 saturated carbocycles. The lowest BCUT2D eigenvalue weighted by Crippen LogP contribution is -2.22. The number of anilines is 1. The first kappa shape index (κ1) is 22.8. The summed E-state index contributed by atoms with van der Waals surface area (Å²) < 4.78 is 33.8. The van der Waals surface area contributed by atoms with Gasteiger partial charge in [-0.05, 0) is 58.4 Å². The van der Waals surface area contributed by atoms with Crippen LogP contribution in [0.3, 0.4) is 0 Å². The van der Waals surface area contributed by atoms with E-state index >= 15 is 0 Å². The maximum atomic E-state index is 12.8. The van der Waals surface area contributed by atoms with E-state index in [4.69, 9.17) is 0 Å². The molecule has 0 unspecified atom stereocenters. The number of rotatable bonds is 7. The highest BCUT2D eigenvalue weighted by molar-refractivity contribution is 7.92. The van der Waals surface area contributed by atoms with Gasteiger partial charge in [0.1, 0.15) is 5.69 Å². The van der Waals surface area contributed by atoms with Crippen LogP contribution in [0.15, 0.2) is 66.1 Å². The van der Waals surface area contributed by atoms with E-state index in [9.17, 15) is 8.42 Å². The molecule has 1 aromatic carbocycles. The van der Waals surface area contributed by atoms with Crippen molar-refractivity contribution in [3.05, 3.63) is 66.7 Å². The largest absolute Gasteiger partial charge is 0.325 e. The summed E-state index contributed by atoms with van der Waals surface area (Å²) in [5.74, 6) is 1.06. The Labute approximate surface area is 194 Å². The van der Waals surface area contributed by atoms with E-state index in [2.05, 4.69) is 33.8 Å². The van der Waals surface area contributed by atoms with Crippen molar-refractivity contribution in [2.75, 3.05) is 4.72 Å². The van der Waals surface area contributed by atoms with Gasteiger partial charge in [-0.3, -0.25) is 14.1 Å². The van der Waals surface area contributed by atoms with Crippen LogP contribution in [0, 0.1) is 0 Å². The summed E-state index contributed by atoms with van der Waals surface area (Å²) in [4.78, 5) is 4.63. The van der Waals surface area contributed by atoms with Crippen molar-refractivity contribution in [3.8, 4) is 11.5 Å². The molecule has 0 atom stereocenters. The second-order valence-corrected chi connectivity index (χ2v) is 10.9. The Morgan fingerprint density at radius 1 is 0.970 bits per heavy atom. The van der Waals surface area contributed by atoms with E-state index in [0.29, 0.717) is 6.54 Å². The maximum absolute atomic E-state index is 12.8. The van der Waals surface area contributed by atoms with Gasteiger partial charge in [0.05, 0.1) is 10.4 Å². The van der Waals surface area contributed by atoms with E-state index in [1.165, 1.54) is 0 Å². The summed E-state index contributed by atoms with van der Waals surface area (Å²) in [6.45, 7) is 10.7. The van der Waals surface area contributed by atoms with Gasteiger partial charge in [0.25, 0.3) is 10.0 Å². The molecule has 0 bridgehead atoms.